The molecule has 3 unspecified atom stereocenters. The molecule has 4 amide bonds. The molecule has 0 spiro atoms. The van der Waals surface area contributed by atoms with Crippen molar-refractivity contribution >= 4 is 35.3 Å². The molecule has 0 bridgehead atoms. The highest BCUT2D eigenvalue weighted by Crippen LogP contribution is 2.21. The summed E-state index contributed by atoms with van der Waals surface area (Å²) in [4.78, 5) is 56.2. The lowest BCUT2D eigenvalue weighted by atomic mass is 10.0. The van der Waals surface area contributed by atoms with Gasteiger partial charge < -0.3 is 32.3 Å². The molecular weight excluding hydrogens is 469 g/mol. The smallest absolute Gasteiger partial charge is 0.319 e. The van der Waals surface area contributed by atoms with Crippen molar-refractivity contribution in [3.8, 4) is 0 Å². The highest BCUT2D eigenvalue weighted by atomic mass is 19.1. The minimum absolute atomic E-state index is 0.0988. The molecule has 12 heteroatoms. The fraction of sp³-hybridized carbons (Fsp3) is 0.542. The molecule has 1 fully saturated rings. The van der Waals surface area contributed by atoms with Gasteiger partial charge in [-0.05, 0) is 43.7 Å². The van der Waals surface area contributed by atoms with Crippen molar-refractivity contribution in [3.05, 3.63) is 30.3 Å². The summed E-state index contributed by atoms with van der Waals surface area (Å²) in [6, 6.07) is 5.52. The van der Waals surface area contributed by atoms with Crippen LogP contribution >= 0.6 is 0 Å². The fourth-order valence-electron chi connectivity index (χ4n) is 4.00. The maximum Gasteiger partial charge on any atom is 0.319 e. The number of aliphatic imine (C=N–C) groups is 1. The van der Waals surface area contributed by atoms with Gasteiger partial charge in [0.05, 0.1) is 6.04 Å². The monoisotopic (exact) mass is 505 g/mol. The van der Waals surface area contributed by atoms with Crippen LogP contribution in [0, 0.1) is 5.92 Å². The van der Waals surface area contributed by atoms with E-state index in [0.29, 0.717) is 31.5 Å². The number of nitrogens with one attached hydrogen (secondary N) is 3. The first kappa shape index (κ1) is 28.5. The number of nitrogens with zero attached hydrogens (tertiary/aromatic N) is 2. The zero-order valence-corrected chi connectivity index (χ0v) is 20.7. The van der Waals surface area contributed by atoms with Crippen LogP contribution in [-0.4, -0.2) is 72.4 Å². The summed E-state index contributed by atoms with van der Waals surface area (Å²) in [6.07, 6.45) is 1.49. The van der Waals surface area contributed by atoms with Gasteiger partial charge in [0.2, 0.25) is 11.8 Å². The van der Waals surface area contributed by atoms with Gasteiger partial charge in [-0.2, -0.15) is 0 Å². The number of benzene rings is 1. The Bertz CT molecular complexity index is 938. The van der Waals surface area contributed by atoms with Crippen LogP contribution in [0.3, 0.4) is 0 Å². The highest BCUT2D eigenvalue weighted by Gasteiger charge is 2.39. The molecule has 1 saturated heterocycles. The number of hydrogen-bond acceptors (Lipinski definition) is 5. The number of carbonyl (C=O) groups excluding carboxylic acids is 4. The molecule has 0 aliphatic carbocycles. The second kappa shape index (κ2) is 14.0. The molecule has 0 radical (unpaired) electrons. The van der Waals surface area contributed by atoms with E-state index in [0.717, 1.165) is 0 Å². The quantitative estimate of drug-likeness (QED) is 0.160. The minimum Gasteiger partial charge on any atom is -0.370 e. The molecular formula is C24H36FN7O4. The van der Waals surface area contributed by atoms with Crippen molar-refractivity contribution in [3.63, 3.8) is 0 Å². The van der Waals surface area contributed by atoms with Crippen molar-refractivity contribution in [1.82, 2.24) is 15.5 Å². The lowest BCUT2D eigenvalue weighted by molar-refractivity contribution is -0.141. The number of para-hydroxylation sites is 1. The molecule has 36 heavy (non-hydrogen) atoms. The summed E-state index contributed by atoms with van der Waals surface area (Å²) in [5.41, 5.74) is 11.1. The Hall–Kier alpha value is -3.70. The Morgan fingerprint density at radius 3 is 2.44 bits per heavy atom. The van der Waals surface area contributed by atoms with Crippen LogP contribution in [-0.2, 0) is 14.4 Å². The number of carbonyl (C=O) groups is 4. The van der Waals surface area contributed by atoms with Gasteiger partial charge in [0.25, 0.3) is 0 Å². The number of likely N-dealkylation sites (tertiary alicyclic amines) is 1. The maximum absolute atomic E-state index is 13.4. The number of urea groups is 1. The molecule has 7 N–H and O–H groups in total. The standard InChI is InChI=1S/C24H36FN7O4/c1-15(2)20(31-24(36)29-16-8-4-3-5-9-16)22(35)32-13-7-11-18(32)21(34)30-17(19(33)14-25)10-6-12-28-23(26)27/h3-5,8-9,15,17-18,20H,6-7,10-14H2,1-2H3,(H,30,34)(H4,26,27,28)(H2,29,31,36). The highest BCUT2D eigenvalue weighted by molar-refractivity contribution is 5.97. The van der Waals surface area contributed by atoms with Crippen molar-refractivity contribution < 1.29 is 23.6 Å². The summed E-state index contributed by atoms with van der Waals surface area (Å²) >= 11 is 0. The Balaban J connectivity index is 2.05. The number of guanidine groups is 1. The largest absolute Gasteiger partial charge is 0.370 e. The zero-order valence-electron chi connectivity index (χ0n) is 20.7. The van der Waals surface area contributed by atoms with Gasteiger partial charge in [-0.1, -0.05) is 32.0 Å². The second-order valence-electron chi connectivity index (χ2n) is 8.99. The number of halogens is 1. The van der Waals surface area contributed by atoms with Gasteiger partial charge in [0.1, 0.15) is 18.8 Å². The molecule has 1 aliphatic rings. The van der Waals surface area contributed by atoms with E-state index < -0.39 is 48.4 Å². The normalized spacial score (nSPS) is 16.7. The van der Waals surface area contributed by atoms with E-state index in [-0.39, 0.29) is 24.8 Å². The van der Waals surface area contributed by atoms with E-state index in [1.165, 1.54) is 4.90 Å². The van der Waals surface area contributed by atoms with Gasteiger partial charge in [-0.3, -0.25) is 19.4 Å². The first-order valence-corrected chi connectivity index (χ1v) is 12.0. The predicted octanol–water partition coefficient (Wildman–Crippen LogP) is 0.901. The number of Topliss-reactive ketones (excluding diaryl/α,β-unsaturated/α-hetero) is 1. The number of rotatable bonds is 12. The number of hydrogen-bond donors (Lipinski definition) is 5. The molecule has 0 saturated carbocycles. The second-order valence-corrected chi connectivity index (χ2v) is 8.99. The number of nitrogens with two attached hydrogens (primary N) is 2. The van der Waals surface area contributed by atoms with E-state index in [2.05, 4.69) is 20.9 Å². The van der Waals surface area contributed by atoms with Gasteiger partial charge in [-0.25, -0.2) is 9.18 Å². The van der Waals surface area contributed by atoms with Crippen molar-refractivity contribution in [2.24, 2.45) is 22.4 Å². The van der Waals surface area contributed by atoms with Crippen LogP contribution in [0.5, 0.6) is 0 Å². The number of ketones is 1. The van der Waals surface area contributed by atoms with Crippen LogP contribution < -0.4 is 27.4 Å². The summed E-state index contributed by atoms with van der Waals surface area (Å²) in [5, 5.41) is 7.98. The summed E-state index contributed by atoms with van der Waals surface area (Å²) in [7, 11) is 0. The predicted molar refractivity (Wildman–Crippen MR) is 135 cm³/mol. The Kier molecular flexibility index (Phi) is 11.1. The lowest BCUT2D eigenvalue weighted by Gasteiger charge is -2.31. The Labute approximate surface area is 210 Å². The van der Waals surface area contributed by atoms with Crippen molar-refractivity contribution in [1.29, 1.82) is 0 Å². The molecule has 198 valence electrons. The first-order valence-electron chi connectivity index (χ1n) is 12.0. The van der Waals surface area contributed by atoms with E-state index in [4.69, 9.17) is 11.5 Å². The Morgan fingerprint density at radius 2 is 1.83 bits per heavy atom. The summed E-state index contributed by atoms with van der Waals surface area (Å²) in [6.45, 7) is 2.92. The van der Waals surface area contributed by atoms with E-state index in [1.54, 1.807) is 38.1 Å². The average molecular weight is 506 g/mol. The fourth-order valence-corrected chi connectivity index (χ4v) is 4.00. The van der Waals surface area contributed by atoms with Gasteiger partial charge in [-0.15, -0.1) is 0 Å². The molecule has 1 aromatic carbocycles. The topological polar surface area (TPSA) is 172 Å². The van der Waals surface area contributed by atoms with Gasteiger partial charge in [0.15, 0.2) is 11.7 Å². The average Bonchev–Trinajstić information content (AvgIpc) is 3.34. The van der Waals surface area contributed by atoms with Crippen LogP contribution in [0.25, 0.3) is 0 Å². The third kappa shape index (κ3) is 8.51. The van der Waals surface area contributed by atoms with Crippen LogP contribution in [0.4, 0.5) is 14.9 Å². The van der Waals surface area contributed by atoms with Gasteiger partial charge in [0, 0.05) is 18.8 Å². The molecule has 2 rings (SSSR count). The molecule has 1 aromatic rings. The first-order chi connectivity index (χ1) is 17.1. The Morgan fingerprint density at radius 1 is 1.14 bits per heavy atom. The molecule has 0 aromatic heterocycles. The lowest BCUT2D eigenvalue weighted by Crippen LogP contribution is -2.57. The number of amides is 4. The summed E-state index contributed by atoms with van der Waals surface area (Å²) < 4.78 is 13.1. The zero-order chi connectivity index (χ0) is 26.7. The number of anilines is 1. The van der Waals surface area contributed by atoms with Crippen LogP contribution in [0.1, 0.15) is 39.5 Å². The van der Waals surface area contributed by atoms with Crippen molar-refractivity contribution in [2.45, 2.75) is 57.7 Å². The number of alkyl halides is 1. The molecule has 1 aliphatic heterocycles. The van der Waals surface area contributed by atoms with E-state index in [9.17, 15) is 23.6 Å². The van der Waals surface area contributed by atoms with Crippen LogP contribution in [0.15, 0.2) is 35.3 Å². The molecule has 1 heterocycles. The van der Waals surface area contributed by atoms with Gasteiger partial charge >= 0.3 is 6.03 Å². The third-order valence-corrected chi connectivity index (χ3v) is 5.87. The van der Waals surface area contributed by atoms with E-state index >= 15 is 0 Å². The third-order valence-electron chi connectivity index (χ3n) is 5.87. The van der Waals surface area contributed by atoms with E-state index in [1.807, 2.05) is 6.07 Å². The molecule has 3 atom stereocenters. The molecule has 11 nitrogen and oxygen atoms in total. The van der Waals surface area contributed by atoms with Crippen LogP contribution in [0.2, 0.25) is 0 Å². The minimum atomic E-state index is -1.23. The SMILES string of the molecule is CC(C)C(NC(=O)Nc1ccccc1)C(=O)N1CCCC1C(=O)NC(CCCN=C(N)N)C(=O)CF. The maximum atomic E-state index is 13.4. The summed E-state index contributed by atoms with van der Waals surface area (Å²) in [5.74, 6) is -2.04. The van der Waals surface area contributed by atoms with Crippen molar-refractivity contribution in [2.75, 3.05) is 25.1 Å².